The molecule has 2 nitrogen and oxygen atoms in total. The molecule has 1 aromatic rings. The smallest absolute Gasteiger partial charge is 0.0564 e. The molecule has 0 saturated carbocycles. The molecule has 0 amide bonds. The second-order valence-electron chi connectivity index (χ2n) is 3.26. The van der Waals surface area contributed by atoms with Crippen molar-refractivity contribution in [3.63, 3.8) is 0 Å². The highest BCUT2D eigenvalue weighted by Gasteiger charge is 2.02. The van der Waals surface area contributed by atoms with Gasteiger partial charge < -0.3 is 0 Å². The summed E-state index contributed by atoms with van der Waals surface area (Å²) in [6, 6.07) is 0.434. The van der Waals surface area contributed by atoms with E-state index in [9.17, 15) is 0 Å². The van der Waals surface area contributed by atoms with Gasteiger partial charge in [0.15, 0.2) is 0 Å². The largest absolute Gasteiger partial charge is 0.270 e. The molecule has 0 bridgehead atoms. The zero-order valence-electron chi connectivity index (χ0n) is 8.04. The molecule has 1 aromatic heterocycles. The molecule has 12 heavy (non-hydrogen) atoms. The van der Waals surface area contributed by atoms with Gasteiger partial charge in [-0.2, -0.15) is 5.10 Å². The van der Waals surface area contributed by atoms with Gasteiger partial charge in [0, 0.05) is 17.8 Å². The number of hydrogen-bond acceptors (Lipinski definition) is 1. The Bertz CT molecular complexity index is 271. The van der Waals surface area contributed by atoms with E-state index in [1.807, 2.05) is 10.9 Å². The average Bonchev–Trinajstić information content (AvgIpc) is 2.51. The van der Waals surface area contributed by atoms with Crippen molar-refractivity contribution >= 4 is 5.57 Å². The highest BCUT2D eigenvalue weighted by molar-refractivity contribution is 5.61. The SMILES string of the molecule is C=C(CC)c1cnn(C(C)C)c1. The Hall–Kier alpha value is -1.05. The Morgan fingerprint density at radius 1 is 1.67 bits per heavy atom. The van der Waals surface area contributed by atoms with Crippen molar-refractivity contribution in [1.82, 2.24) is 9.78 Å². The topological polar surface area (TPSA) is 17.8 Å². The molecule has 0 aliphatic heterocycles. The molecule has 0 aliphatic rings. The maximum Gasteiger partial charge on any atom is 0.0564 e. The number of hydrogen-bond donors (Lipinski definition) is 0. The average molecular weight is 164 g/mol. The van der Waals surface area contributed by atoms with Gasteiger partial charge in [-0.15, -0.1) is 0 Å². The summed E-state index contributed by atoms with van der Waals surface area (Å²) in [4.78, 5) is 0. The summed E-state index contributed by atoms with van der Waals surface area (Å²) in [5.74, 6) is 0. The lowest BCUT2D eigenvalue weighted by atomic mass is 10.1. The molecule has 0 aliphatic carbocycles. The van der Waals surface area contributed by atoms with E-state index >= 15 is 0 Å². The van der Waals surface area contributed by atoms with Crippen molar-refractivity contribution in [1.29, 1.82) is 0 Å². The van der Waals surface area contributed by atoms with Gasteiger partial charge in [0.25, 0.3) is 0 Å². The first-order chi connectivity index (χ1) is 5.65. The number of allylic oxidation sites excluding steroid dienone is 1. The second kappa shape index (κ2) is 3.57. The Labute approximate surface area is 73.9 Å². The molecule has 66 valence electrons. The maximum absolute atomic E-state index is 4.24. The summed E-state index contributed by atoms with van der Waals surface area (Å²) in [5.41, 5.74) is 2.31. The van der Waals surface area contributed by atoms with Crippen molar-refractivity contribution < 1.29 is 0 Å². The Morgan fingerprint density at radius 2 is 2.33 bits per heavy atom. The number of aromatic nitrogens is 2. The van der Waals surface area contributed by atoms with Crippen molar-refractivity contribution in [3.05, 3.63) is 24.5 Å². The minimum atomic E-state index is 0.434. The first-order valence-electron chi connectivity index (χ1n) is 4.37. The summed E-state index contributed by atoms with van der Waals surface area (Å²) in [5, 5.41) is 4.24. The predicted molar refractivity (Wildman–Crippen MR) is 51.9 cm³/mol. The highest BCUT2D eigenvalue weighted by atomic mass is 15.3. The van der Waals surface area contributed by atoms with Crippen LogP contribution in [0.2, 0.25) is 0 Å². The molecule has 2 heteroatoms. The maximum atomic E-state index is 4.24. The second-order valence-corrected chi connectivity index (χ2v) is 3.26. The van der Waals surface area contributed by atoms with Gasteiger partial charge in [0.2, 0.25) is 0 Å². The Kier molecular flexibility index (Phi) is 2.69. The molecular formula is C10H16N2. The molecule has 1 heterocycles. The van der Waals surface area contributed by atoms with Crippen LogP contribution in [0.4, 0.5) is 0 Å². The summed E-state index contributed by atoms with van der Waals surface area (Å²) in [6.45, 7) is 10.3. The van der Waals surface area contributed by atoms with Crippen LogP contribution in [0, 0.1) is 0 Å². The van der Waals surface area contributed by atoms with Gasteiger partial charge >= 0.3 is 0 Å². The molecular weight excluding hydrogens is 148 g/mol. The zero-order chi connectivity index (χ0) is 9.14. The monoisotopic (exact) mass is 164 g/mol. The van der Waals surface area contributed by atoms with E-state index < -0.39 is 0 Å². The Balaban J connectivity index is 2.84. The molecule has 0 aromatic carbocycles. The van der Waals surface area contributed by atoms with Crippen molar-refractivity contribution in [2.24, 2.45) is 0 Å². The fraction of sp³-hybridized carbons (Fsp3) is 0.500. The van der Waals surface area contributed by atoms with E-state index in [-0.39, 0.29) is 0 Å². The summed E-state index contributed by atoms with van der Waals surface area (Å²) < 4.78 is 1.95. The standard InChI is InChI=1S/C10H16N2/c1-5-9(4)10-6-11-12(7-10)8(2)3/h6-8H,4-5H2,1-3H3. The molecule has 0 radical (unpaired) electrons. The van der Waals surface area contributed by atoms with Crippen molar-refractivity contribution in [3.8, 4) is 0 Å². The summed E-state index contributed by atoms with van der Waals surface area (Å²) in [7, 11) is 0. The van der Waals surface area contributed by atoms with Gasteiger partial charge in [0.05, 0.1) is 6.20 Å². The number of nitrogens with zero attached hydrogens (tertiary/aromatic N) is 2. The van der Waals surface area contributed by atoms with Crippen molar-refractivity contribution in [2.45, 2.75) is 33.2 Å². The van der Waals surface area contributed by atoms with E-state index in [0.29, 0.717) is 6.04 Å². The third-order valence-electron chi connectivity index (χ3n) is 1.97. The third-order valence-corrected chi connectivity index (χ3v) is 1.97. The number of rotatable bonds is 3. The van der Waals surface area contributed by atoms with Crippen LogP contribution in [-0.2, 0) is 0 Å². The first-order valence-corrected chi connectivity index (χ1v) is 4.37. The molecule has 0 fully saturated rings. The van der Waals surface area contributed by atoms with Gasteiger partial charge in [-0.1, -0.05) is 13.5 Å². The molecule has 0 unspecified atom stereocenters. The summed E-state index contributed by atoms with van der Waals surface area (Å²) >= 11 is 0. The third kappa shape index (κ3) is 1.76. The lowest BCUT2D eigenvalue weighted by Crippen LogP contribution is -1.99. The Morgan fingerprint density at radius 3 is 2.75 bits per heavy atom. The van der Waals surface area contributed by atoms with Crippen LogP contribution in [0.3, 0.4) is 0 Å². The van der Waals surface area contributed by atoms with Crippen LogP contribution in [0.5, 0.6) is 0 Å². The van der Waals surface area contributed by atoms with Gasteiger partial charge in [-0.25, -0.2) is 0 Å². The van der Waals surface area contributed by atoms with Gasteiger partial charge in [-0.3, -0.25) is 4.68 Å². The van der Waals surface area contributed by atoms with E-state index in [4.69, 9.17) is 0 Å². The molecule has 0 saturated heterocycles. The minimum Gasteiger partial charge on any atom is -0.270 e. The fourth-order valence-corrected chi connectivity index (χ4v) is 1.01. The van der Waals surface area contributed by atoms with Crippen LogP contribution < -0.4 is 0 Å². The van der Waals surface area contributed by atoms with Crippen molar-refractivity contribution in [2.75, 3.05) is 0 Å². The molecule has 0 spiro atoms. The van der Waals surface area contributed by atoms with Gasteiger partial charge in [-0.05, 0) is 25.8 Å². The van der Waals surface area contributed by atoms with E-state index in [2.05, 4.69) is 38.6 Å². The predicted octanol–water partition coefficient (Wildman–Crippen LogP) is 2.89. The lowest BCUT2D eigenvalue weighted by molar-refractivity contribution is 0.532. The molecule has 1 rings (SSSR count). The van der Waals surface area contributed by atoms with Crippen LogP contribution >= 0.6 is 0 Å². The molecule has 0 atom stereocenters. The lowest BCUT2D eigenvalue weighted by Gasteiger charge is -2.03. The van der Waals surface area contributed by atoms with Gasteiger partial charge in [0.1, 0.15) is 0 Å². The van der Waals surface area contributed by atoms with Crippen LogP contribution in [0.15, 0.2) is 19.0 Å². The van der Waals surface area contributed by atoms with Crippen LogP contribution in [0.25, 0.3) is 5.57 Å². The zero-order valence-corrected chi connectivity index (χ0v) is 8.04. The van der Waals surface area contributed by atoms with Crippen LogP contribution in [-0.4, -0.2) is 9.78 Å². The quantitative estimate of drug-likeness (QED) is 0.671. The highest BCUT2D eigenvalue weighted by Crippen LogP contribution is 2.15. The minimum absolute atomic E-state index is 0.434. The van der Waals surface area contributed by atoms with E-state index in [1.54, 1.807) is 0 Å². The fourth-order valence-electron chi connectivity index (χ4n) is 1.01. The molecule has 0 N–H and O–H groups in total. The van der Waals surface area contributed by atoms with E-state index in [1.165, 1.54) is 0 Å². The first kappa shape index (κ1) is 9.04. The summed E-state index contributed by atoms with van der Waals surface area (Å²) in [6.07, 6.45) is 4.92. The van der Waals surface area contributed by atoms with Crippen LogP contribution in [0.1, 0.15) is 38.8 Å². The van der Waals surface area contributed by atoms with E-state index in [0.717, 1.165) is 17.6 Å². The normalized spacial score (nSPS) is 10.7.